The molecule has 0 amide bonds. The van der Waals surface area contributed by atoms with Gasteiger partial charge >= 0.3 is 0 Å². The highest BCUT2D eigenvalue weighted by Crippen LogP contribution is 2.51. The topological polar surface area (TPSA) is 21.6 Å². The molecule has 1 aliphatic heterocycles. The molecule has 2 nitrogen and oxygen atoms in total. The summed E-state index contributed by atoms with van der Waals surface area (Å²) in [4.78, 5) is 6.44. The fourth-order valence-corrected chi connectivity index (χ4v) is 5.55. The summed E-state index contributed by atoms with van der Waals surface area (Å²) in [5.74, 6) is 1.31. The number of hydrogen-bond acceptors (Lipinski definition) is 3. The van der Waals surface area contributed by atoms with Gasteiger partial charge in [-0.2, -0.15) is 0 Å². The number of rotatable bonds is 2. The lowest BCUT2D eigenvalue weighted by atomic mass is 9.78. The first-order valence-electron chi connectivity index (χ1n) is 9.40. The molecule has 0 radical (unpaired) electrons. The van der Waals surface area contributed by atoms with Gasteiger partial charge in [-0.25, -0.2) is 0 Å². The van der Waals surface area contributed by atoms with E-state index in [4.69, 9.17) is 9.73 Å². The van der Waals surface area contributed by atoms with Crippen LogP contribution in [0.3, 0.4) is 0 Å². The van der Waals surface area contributed by atoms with Gasteiger partial charge in [0.1, 0.15) is 5.75 Å². The molecule has 3 aromatic carbocycles. The maximum atomic E-state index is 5.36. The maximum absolute atomic E-state index is 5.36. The van der Waals surface area contributed by atoms with Crippen molar-refractivity contribution in [3.63, 3.8) is 0 Å². The van der Waals surface area contributed by atoms with Crippen molar-refractivity contribution in [2.75, 3.05) is 7.11 Å². The van der Waals surface area contributed by atoms with Gasteiger partial charge in [0.15, 0.2) is 0 Å². The molecule has 2 atom stereocenters. The highest BCUT2D eigenvalue weighted by Gasteiger charge is 2.35. The number of thioether (sulfide) groups is 1. The Morgan fingerprint density at radius 3 is 2.56 bits per heavy atom. The fourth-order valence-electron chi connectivity index (χ4n) is 4.17. The van der Waals surface area contributed by atoms with E-state index >= 15 is 0 Å². The quantitative estimate of drug-likeness (QED) is 0.533. The van der Waals surface area contributed by atoms with E-state index in [-0.39, 0.29) is 0 Å². The molecule has 0 saturated carbocycles. The van der Waals surface area contributed by atoms with Gasteiger partial charge in [-0.3, -0.25) is 4.99 Å². The molecule has 134 valence electrons. The van der Waals surface area contributed by atoms with E-state index in [2.05, 4.69) is 72.8 Å². The third kappa shape index (κ3) is 2.96. The largest absolute Gasteiger partial charge is 0.497 e. The molecule has 0 spiro atoms. The standard InChI is InChI=1S/C24H21NOS/c1-26-18-13-10-17(11-14-18)24-20-15-12-16-6-2-3-7-19(16)23(20)25-21-8-4-5-9-22(21)27-24/h2-11,13-14,20,24H,12,15H2,1H3/t20-,24+/m1/s1. The molecule has 0 saturated heterocycles. The lowest BCUT2D eigenvalue weighted by molar-refractivity contribution is 0.414. The van der Waals surface area contributed by atoms with Crippen LogP contribution in [-0.4, -0.2) is 12.8 Å². The molecule has 0 N–H and O–H groups in total. The van der Waals surface area contributed by atoms with Crippen molar-refractivity contribution in [1.29, 1.82) is 0 Å². The van der Waals surface area contributed by atoms with Crippen LogP contribution in [0, 0.1) is 5.92 Å². The molecule has 0 aromatic heterocycles. The minimum Gasteiger partial charge on any atom is -0.497 e. The van der Waals surface area contributed by atoms with Crippen LogP contribution in [0.2, 0.25) is 0 Å². The Balaban J connectivity index is 1.66. The Kier molecular flexibility index (Phi) is 4.25. The van der Waals surface area contributed by atoms with Gasteiger partial charge in [0.2, 0.25) is 0 Å². The van der Waals surface area contributed by atoms with E-state index < -0.39 is 0 Å². The number of para-hydroxylation sites is 1. The molecule has 2 aliphatic rings. The Morgan fingerprint density at radius 2 is 1.70 bits per heavy atom. The average molecular weight is 372 g/mol. The van der Waals surface area contributed by atoms with Gasteiger partial charge in [0.25, 0.3) is 0 Å². The van der Waals surface area contributed by atoms with Gasteiger partial charge in [0, 0.05) is 16.1 Å². The number of fused-ring (bicyclic) bond motifs is 4. The highest BCUT2D eigenvalue weighted by atomic mass is 32.2. The van der Waals surface area contributed by atoms with Crippen molar-refractivity contribution in [1.82, 2.24) is 0 Å². The second kappa shape index (κ2) is 6.90. The second-order valence-electron chi connectivity index (χ2n) is 7.08. The number of aryl methyl sites for hydroxylation is 1. The molecule has 27 heavy (non-hydrogen) atoms. The van der Waals surface area contributed by atoms with E-state index in [1.165, 1.54) is 27.3 Å². The molecular weight excluding hydrogens is 350 g/mol. The van der Waals surface area contributed by atoms with Crippen molar-refractivity contribution in [2.24, 2.45) is 10.9 Å². The predicted octanol–water partition coefficient (Wildman–Crippen LogP) is 6.23. The van der Waals surface area contributed by atoms with Crippen LogP contribution < -0.4 is 4.74 Å². The van der Waals surface area contributed by atoms with Crippen LogP contribution in [-0.2, 0) is 6.42 Å². The van der Waals surface area contributed by atoms with Crippen molar-refractivity contribution >= 4 is 23.2 Å². The highest BCUT2D eigenvalue weighted by molar-refractivity contribution is 7.99. The third-order valence-corrected chi connectivity index (χ3v) is 6.99. The van der Waals surface area contributed by atoms with Crippen LogP contribution in [0.5, 0.6) is 5.75 Å². The molecule has 1 heterocycles. The minimum absolute atomic E-state index is 0.353. The zero-order valence-corrected chi connectivity index (χ0v) is 16.1. The van der Waals surface area contributed by atoms with Crippen LogP contribution >= 0.6 is 11.8 Å². The summed E-state index contributed by atoms with van der Waals surface area (Å²) in [5.41, 5.74) is 6.43. The summed E-state index contributed by atoms with van der Waals surface area (Å²) in [5, 5.41) is 0.353. The molecular formula is C24H21NOS. The van der Waals surface area contributed by atoms with Crippen molar-refractivity contribution in [2.45, 2.75) is 23.0 Å². The van der Waals surface area contributed by atoms with E-state index in [1.54, 1.807) is 7.11 Å². The lowest BCUT2D eigenvalue weighted by Gasteiger charge is -2.31. The number of hydrogen-bond donors (Lipinski definition) is 0. The van der Waals surface area contributed by atoms with Gasteiger partial charge in [-0.05, 0) is 53.8 Å². The lowest BCUT2D eigenvalue weighted by Crippen LogP contribution is -2.27. The molecule has 0 unspecified atom stereocenters. The third-order valence-electron chi connectivity index (χ3n) is 5.54. The monoisotopic (exact) mass is 371 g/mol. The summed E-state index contributed by atoms with van der Waals surface area (Å²) in [6, 6.07) is 25.9. The predicted molar refractivity (Wildman–Crippen MR) is 112 cm³/mol. The molecule has 3 aromatic rings. The number of benzene rings is 3. The molecule has 1 aliphatic carbocycles. The zero-order valence-electron chi connectivity index (χ0n) is 15.3. The SMILES string of the molecule is COc1ccc([C@@H]2Sc3ccccc3N=C3c4ccccc4CC[C@H]32)cc1. The maximum Gasteiger partial charge on any atom is 0.118 e. The first kappa shape index (κ1) is 16.6. The summed E-state index contributed by atoms with van der Waals surface area (Å²) in [6.45, 7) is 0. The summed E-state index contributed by atoms with van der Waals surface area (Å²) in [7, 11) is 1.72. The molecule has 0 bridgehead atoms. The Hall–Kier alpha value is -2.52. The molecule has 5 rings (SSSR count). The summed E-state index contributed by atoms with van der Waals surface area (Å²) >= 11 is 1.95. The number of nitrogens with zero attached hydrogens (tertiary/aromatic N) is 1. The number of aliphatic imine (C=N–C) groups is 1. The van der Waals surface area contributed by atoms with Crippen LogP contribution in [0.4, 0.5) is 5.69 Å². The number of ether oxygens (including phenoxy) is 1. The molecule has 0 fully saturated rings. The normalized spacial score (nSPS) is 20.6. The Bertz CT molecular complexity index is 1010. The van der Waals surface area contributed by atoms with Crippen molar-refractivity contribution in [3.05, 3.63) is 89.5 Å². The minimum atomic E-state index is 0.353. The van der Waals surface area contributed by atoms with Crippen LogP contribution in [0.15, 0.2) is 82.7 Å². The van der Waals surface area contributed by atoms with Gasteiger partial charge in [-0.15, -0.1) is 11.8 Å². The van der Waals surface area contributed by atoms with Crippen LogP contribution in [0.25, 0.3) is 0 Å². The van der Waals surface area contributed by atoms with Crippen molar-refractivity contribution in [3.8, 4) is 5.75 Å². The Morgan fingerprint density at radius 1 is 0.926 bits per heavy atom. The Labute approximate surface area is 164 Å². The zero-order chi connectivity index (χ0) is 18.2. The summed E-state index contributed by atoms with van der Waals surface area (Å²) in [6.07, 6.45) is 2.25. The van der Waals surface area contributed by atoms with Gasteiger partial charge < -0.3 is 4.74 Å². The smallest absolute Gasteiger partial charge is 0.118 e. The first-order chi connectivity index (χ1) is 13.3. The summed E-state index contributed by atoms with van der Waals surface area (Å²) < 4.78 is 5.36. The average Bonchev–Trinajstić information content (AvgIpc) is 2.91. The number of methoxy groups -OCH3 is 1. The second-order valence-corrected chi connectivity index (χ2v) is 8.26. The van der Waals surface area contributed by atoms with Crippen LogP contribution in [0.1, 0.15) is 28.4 Å². The van der Waals surface area contributed by atoms with Gasteiger partial charge in [0.05, 0.1) is 18.5 Å². The first-order valence-corrected chi connectivity index (χ1v) is 10.3. The van der Waals surface area contributed by atoms with Gasteiger partial charge in [-0.1, -0.05) is 48.5 Å². The van der Waals surface area contributed by atoms with Crippen molar-refractivity contribution < 1.29 is 4.74 Å². The van der Waals surface area contributed by atoms with E-state index in [0.717, 1.165) is 24.3 Å². The fraction of sp³-hybridized carbons (Fsp3) is 0.208. The van der Waals surface area contributed by atoms with E-state index in [0.29, 0.717) is 11.2 Å². The van der Waals surface area contributed by atoms with E-state index in [1.807, 2.05) is 11.8 Å². The van der Waals surface area contributed by atoms with E-state index in [9.17, 15) is 0 Å². The molecule has 3 heteroatoms.